The zero-order valence-corrected chi connectivity index (χ0v) is 9.30. The SMILES string of the molecule is CC#CCCNC(=O)NC1(C(=O)O)CCC1. The largest absolute Gasteiger partial charge is 0.480 e. The average Bonchev–Trinajstić information content (AvgIpc) is 2.18. The molecular formula is C11H16N2O3. The van der Waals surface area contributed by atoms with Gasteiger partial charge in [-0.1, -0.05) is 0 Å². The second-order valence-corrected chi connectivity index (χ2v) is 3.80. The summed E-state index contributed by atoms with van der Waals surface area (Å²) in [4.78, 5) is 22.3. The van der Waals surface area contributed by atoms with E-state index in [0.717, 1.165) is 6.42 Å². The molecule has 0 bridgehead atoms. The molecule has 0 aromatic carbocycles. The van der Waals surface area contributed by atoms with Crippen molar-refractivity contribution in [3.63, 3.8) is 0 Å². The van der Waals surface area contributed by atoms with Crippen LogP contribution in [-0.4, -0.2) is 29.2 Å². The molecule has 2 amide bonds. The second kappa shape index (κ2) is 5.40. The summed E-state index contributed by atoms with van der Waals surface area (Å²) >= 11 is 0. The quantitative estimate of drug-likeness (QED) is 0.486. The van der Waals surface area contributed by atoms with Crippen molar-refractivity contribution in [2.75, 3.05) is 6.54 Å². The minimum Gasteiger partial charge on any atom is -0.480 e. The number of amides is 2. The van der Waals surface area contributed by atoms with Gasteiger partial charge in [0.2, 0.25) is 0 Å². The fourth-order valence-electron chi connectivity index (χ4n) is 1.55. The minimum absolute atomic E-state index is 0.431. The van der Waals surface area contributed by atoms with Crippen molar-refractivity contribution in [2.24, 2.45) is 0 Å². The molecule has 1 saturated carbocycles. The molecule has 1 aliphatic carbocycles. The summed E-state index contributed by atoms with van der Waals surface area (Å²) in [6.45, 7) is 2.16. The first-order valence-electron chi connectivity index (χ1n) is 5.30. The van der Waals surface area contributed by atoms with E-state index in [1.165, 1.54) is 0 Å². The van der Waals surface area contributed by atoms with Crippen molar-refractivity contribution in [3.8, 4) is 11.8 Å². The number of rotatable bonds is 4. The lowest BCUT2D eigenvalue weighted by atomic mass is 9.77. The maximum absolute atomic E-state index is 11.4. The topological polar surface area (TPSA) is 78.4 Å². The van der Waals surface area contributed by atoms with Gasteiger partial charge in [0.15, 0.2) is 0 Å². The predicted octanol–water partition coefficient (Wildman–Crippen LogP) is 0.706. The van der Waals surface area contributed by atoms with Gasteiger partial charge in [-0.25, -0.2) is 9.59 Å². The van der Waals surface area contributed by atoms with E-state index < -0.39 is 17.5 Å². The Kier molecular flexibility index (Phi) is 4.18. The minimum atomic E-state index is -1.04. The summed E-state index contributed by atoms with van der Waals surface area (Å²) < 4.78 is 0. The van der Waals surface area contributed by atoms with Gasteiger partial charge in [-0.15, -0.1) is 11.8 Å². The van der Waals surface area contributed by atoms with E-state index in [9.17, 15) is 9.59 Å². The Hall–Kier alpha value is -1.70. The van der Waals surface area contributed by atoms with Crippen LogP contribution in [0.4, 0.5) is 4.79 Å². The van der Waals surface area contributed by atoms with Crippen LogP contribution in [0.5, 0.6) is 0 Å². The van der Waals surface area contributed by atoms with Gasteiger partial charge in [-0.2, -0.15) is 0 Å². The first-order chi connectivity index (χ1) is 7.60. The third-order valence-corrected chi connectivity index (χ3v) is 2.68. The standard InChI is InChI=1S/C11H16N2O3/c1-2-3-4-8-12-10(16)13-11(9(14)15)6-5-7-11/h4-8H2,1H3,(H,14,15)(H2,12,13,16). The first kappa shape index (κ1) is 12.4. The van der Waals surface area contributed by atoms with Crippen molar-refractivity contribution in [1.82, 2.24) is 10.6 Å². The van der Waals surface area contributed by atoms with Gasteiger partial charge in [0.25, 0.3) is 0 Å². The maximum Gasteiger partial charge on any atom is 0.329 e. The number of urea groups is 1. The zero-order valence-electron chi connectivity index (χ0n) is 9.30. The summed E-state index contributed by atoms with van der Waals surface area (Å²) in [5, 5.41) is 14.1. The van der Waals surface area contributed by atoms with Crippen molar-refractivity contribution >= 4 is 12.0 Å². The van der Waals surface area contributed by atoms with Crippen molar-refractivity contribution in [3.05, 3.63) is 0 Å². The number of carboxylic acid groups (broad SMARTS) is 1. The molecule has 0 aromatic rings. The molecule has 0 spiro atoms. The Morgan fingerprint density at radius 2 is 2.12 bits per heavy atom. The Labute approximate surface area is 94.6 Å². The Morgan fingerprint density at radius 1 is 1.44 bits per heavy atom. The van der Waals surface area contributed by atoms with E-state index in [1.54, 1.807) is 6.92 Å². The molecule has 0 unspecified atom stereocenters. The second-order valence-electron chi connectivity index (χ2n) is 3.80. The molecule has 1 rings (SSSR count). The maximum atomic E-state index is 11.4. The van der Waals surface area contributed by atoms with E-state index in [-0.39, 0.29) is 0 Å². The summed E-state index contributed by atoms with van der Waals surface area (Å²) in [6, 6.07) is -0.431. The number of carbonyl (C=O) groups is 2. The van der Waals surface area contributed by atoms with Crippen LogP contribution < -0.4 is 10.6 Å². The zero-order chi connectivity index (χ0) is 12.0. The molecule has 88 valence electrons. The highest BCUT2D eigenvalue weighted by atomic mass is 16.4. The van der Waals surface area contributed by atoms with Crippen LogP contribution in [0.1, 0.15) is 32.6 Å². The Morgan fingerprint density at radius 3 is 2.56 bits per heavy atom. The van der Waals surface area contributed by atoms with E-state index in [4.69, 9.17) is 5.11 Å². The molecule has 0 atom stereocenters. The van der Waals surface area contributed by atoms with Crippen molar-refractivity contribution < 1.29 is 14.7 Å². The number of hydrogen-bond acceptors (Lipinski definition) is 2. The highest BCUT2D eigenvalue weighted by molar-refractivity contribution is 5.87. The third kappa shape index (κ3) is 2.89. The van der Waals surface area contributed by atoms with Crippen LogP contribution in [0.15, 0.2) is 0 Å². The van der Waals surface area contributed by atoms with Gasteiger partial charge in [-0.3, -0.25) is 0 Å². The lowest BCUT2D eigenvalue weighted by Gasteiger charge is -2.38. The Bertz CT molecular complexity index is 337. The van der Waals surface area contributed by atoms with Crippen LogP contribution in [0.2, 0.25) is 0 Å². The molecule has 16 heavy (non-hydrogen) atoms. The van der Waals surface area contributed by atoms with E-state index >= 15 is 0 Å². The summed E-state index contributed by atoms with van der Waals surface area (Å²) in [7, 11) is 0. The fraction of sp³-hybridized carbons (Fsp3) is 0.636. The van der Waals surface area contributed by atoms with Crippen molar-refractivity contribution in [1.29, 1.82) is 0 Å². The summed E-state index contributed by atoms with van der Waals surface area (Å²) in [5.74, 6) is 4.57. The fourth-order valence-corrected chi connectivity index (χ4v) is 1.55. The van der Waals surface area contributed by atoms with Gasteiger partial charge in [-0.05, 0) is 26.2 Å². The molecule has 1 aliphatic rings. The molecule has 3 N–H and O–H groups in total. The van der Waals surface area contributed by atoms with E-state index in [1.807, 2.05) is 0 Å². The monoisotopic (exact) mass is 224 g/mol. The van der Waals surface area contributed by atoms with Gasteiger partial charge >= 0.3 is 12.0 Å². The first-order valence-corrected chi connectivity index (χ1v) is 5.30. The number of nitrogens with one attached hydrogen (secondary N) is 2. The molecular weight excluding hydrogens is 208 g/mol. The molecule has 5 nitrogen and oxygen atoms in total. The van der Waals surface area contributed by atoms with Crippen LogP contribution in [0, 0.1) is 11.8 Å². The normalized spacial score (nSPS) is 16.3. The van der Waals surface area contributed by atoms with E-state index in [0.29, 0.717) is 25.8 Å². The lowest BCUT2D eigenvalue weighted by Crippen LogP contribution is -2.61. The van der Waals surface area contributed by atoms with Crippen LogP contribution in [0.25, 0.3) is 0 Å². The van der Waals surface area contributed by atoms with Gasteiger partial charge < -0.3 is 15.7 Å². The lowest BCUT2D eigenvalue weighted by molar-refractivity contribution is -0.148. The summed E-state index contributed by atoms with van der Waals surface area (Å²) in [5.41, 5.74) is -1.04. The molecule has 5 heteroatoms. The number of carbonyl (C=O) groups excluding carboxylic acids is 1. The van der Waals surface area contributed by atoms with Gasteiger partial charge in [0.05, 0.1) is 0 Å². The number of carboxylic acids is 1. The van der Waals surface area contributed by atoms with Crippen molar-refractivity contribution in [2.45, 2.75) is 38.1 Å². The van der Waals surface area contributed by atoms with Crippen LogP contribution >= 0.6 is 0 Å². The average molecular weight is 224 g/mol. The summed E-state index contributed by atoms with van der Waals surface area (Å²) in [6.07, 6.45) is 2.42. The molecule has 0 aromatic heterocycles. The Balaban J connectivity index is 2.32. The predicted molar refractivity (Wildman–Crippen MR) is 58.8 cm³/mol. The molecule has 0 aliphatic heterocycles. The highest BCUT2D eigenvalue weighted by Crippen LogP contribution is 2.31. The molecule has 0 heterocycles. The van der Waals surface area contributed by atoms with Gasteiger partial charge in [0, 0.05) is 13.0 Å². The van der Waals surface area contributed by atoms with Crippen LogP contribution in [0.3, 0.4) is 0 Å². The third-order valence-electron chi connectivity index (χ3n) is 2.68. The smallest absolute Gasteiger partial charge is 0.329 e. The molecule has 1 fully saturated rings. The van der Waals surface area contributed by atoms with Crippen LogP contribution in [-0.2, 0) is 4.79 Å². The number of hydrogen-bond donors (Lipinski definition) is 3. The van der Waals surface area contributed by atoms with Gasteiger partial charge in [0.1, 0.15) is 5.54 Å². The van der Waals surface area contributed by atoms with E-state index in [2.05, 4.69) is 22.5 Å². The highest BCUT2D eigenvalue weighted by Gasteiger charge is 2.45. The molecule has 0 saturated heterocycles. The molecule has 0 radical (unpaired) electrons. The number of aliphatic carboxylic acids is 1.